The van der Waals surface area contributed by atoms with Crippen molar-refractivity contribution < 1.29 is 19.1 Å². The average molecular weight is 516 g/mol. The fraction of sp³-hybridized carbons (Fsp3) is 0.607. The summed E-state index contributed by atoms with van der Waals surface area (Å²) >= 11 is 6.63. The maximum atomic E-state index is 12.1. The lowest BCUT2D eigenvalue weighted by atomic mass is 9.86. The standard InChI is InChI=1S/C28H39ClN4O3/c1-5-20-18-30-26(31-19-20)32-12-8-23(9-13-32)36-25-7-6-22(17-24(25)29)16-21-10-14-33(15-11-21,27(34)35)28(2,3)4/h6-7,17-19,21,23H,5,8-16H2,1-4H3/p+1. The van der Waals surface area contributed by atoms with Gasteiger partial charge in [-0.1, -0.05) is 24.6 Å². The van der Waals surface area contributed by atoms with E-state index < -0.39 is 6.09 Å². The van der Waals surface area contributed by atoms with Gasteiger partial charge in [0.2, 0.25) is 5.95 Å². The topological polar surface area (TPSA) is 75.6 Å². The molecule has 1 amide bonds. The van der Waals surface area contributed by atoms with Gasteiger partial charge in [0.15, 0.2) is 0 Å². The molecule has 196 valence electrons. The average Bonchev–Trinajstić information content (AvgIpc) is 2.86. The van der Waals surface area contributed by atoms with Gasteiger partial charge >= 0.3 is 6.09 Å². The second-order valence-corrected chi connectivity index (χ2v) is 11.7. The molecule has 1 N–H and O–H groups in total. The molecule has 2 aliphatic heterocycles. The van der Waals surface area contributed by atoms with Gasteiger partial charge < -0.3 is 14.7 Å². The number of halogens is 1. The van der Waals surface area contributed by atoms with Crippen molar-refractivity contribution in [1.82, 2.24) is 9.97 Å². The third-order valence-electron chi connectivity index (χ3n) is 8.13. The number of likely N-dealkylation sites (tertiary alicyclic amines) is 1. The summed E-state index contributed by atoms with van der Waals surface area (Å²) in [6.45, 7) is 11.3. The third-order valence-corrected chi connectivity index (χ3v) is 8.42. The fourth-order valence-electron chi connectivity index (χ4n) is 5.56. The van der Waals surface area contributed by atoms with Gasteiger partial charge in [-0.2, -0.15) is 4.79 Å². The Morgan fingerprint density at radius 1 is 1.11 bits per heavy atom. The van der Waals surface area contributed by atoms with Gasteiger partial charge in [0.05, 0.1) is 18.1 Å². The molecule has 0 radical (unpaired) electrons. The summed E-state index contributed by atoms with van der Waals surface area (Å²) in [7, 11) is 0. The fourth-order valence-corrected chi connectivity index (χ4v) is 5.81. The Balaban J connectivity index is 1.29. The predicted molar refractivity (Wildman–Crippen MR) is 143 cm³/mol. The van der Waals surface area contributed by atoms with Crippen molar-refractivity contribution in [3.63, 3.8) is 0 Å². The minimum Gasteiger partial charge on any atom is -0.489 e. The quantitative estimate of drug-likeness (QED) is 0.476. The Morgan fingerprint density at radius 3 is 2.28 bits per heavy atom. The summed E-state index contributed by atoms with van der Waals surface area (Å²) in [5, 5.41) is 10.6. The molecule has 1 aromatic heterocycles. The summed E-state index contributed by atoms with van der Waals surface area (Å²) in [6, 6.07) is 6.12. The molecule has 2 aromatic rings. The van der Waals surface area contributed by atoms with Crippen LogP contribution in [0.4, 0.5) is 10.7 Å². The molecular weight excluding hydrogens is 476 g/mol. The predicted octanol–water partition coefficient (Wildman–Crippen LogP) is 5.99. The number of rotatable bonds is 6. The number of benzene rings is 1. The highest BCUT2D eigenvalue weighted by atomic mass is 35.5. The lowest BCUT2D eigenvalue weighted by Gasteiger charge is -2.47. The first-order valence-electron chi connectivity index (χ1n) is 13.2. The van der Waals surface area contributed by atoms with Crippen LogP contribution < -0.4 is 9.64 Å². The Hall–Kier alpha value is -2.38. The lowest BCUT2D eigenvalue weighted by molar-refractivity contribution is -0.909. The number of quaternary nitrogens is 1. The van der Waals surface area contributed by atoms with Crippen LogP contribution in [0.1, 0.15) is 64.5 Å². The van der Waals surface area contributed by atoms with Crippen LogP contribution in [0, 0.1) is 5.92 Å². The van der Waals surface area contributed by atoms with Crippen LogP contribution >= 0.6 is 11.6 Å². The van der Waals surface area contributed by atoms with Crippen molar-refractivity contribution >= 4 is 23.6 Å². The largest absolute Gasteiger partial charge is 0.513 e. The number of amides is 1. The Morgan fingerprint density at radius 2 is 1.75 bits per heavy atom. The first-order valence-corrected chi connectivity index (χ1v) is 13.6. The number of piperidine rings is 2. The minimum absolute atomic E-state index is 0.122. The van der Waals surface area contributed by atoms with Crippen LogP contribution in [0.25, 0.3) is 0 Å². The van der Waals surface area contributed by atoms with Gasteiger partial charge in [-0.3, -0.25) is 0 Å². The number of ether oxygens (including phenoxy) is 1. The molecule has 0 atom stereocenters. The number of aromatic nitrogens is 2. The van der Waals surface area contributed by atoms with E-state index in [0.29, 0.717) is 24.0 Å². The summed E-state index contributed by atoms with van der Waals surface area (Å²) in [6.07, 6.45) is 8.70. The second-order valence-electron chi connectivity index (χ2n) is 11.3. The molecule has 2 saturated heterocycles. The molecule has 0 saturated carbocycles. The zero-order valence-electron chi connectivity index (χ0n) is 22.0. The molecule has 36 heavy (non-hydrogen) atoms. The van der Waals surface area contributed by atoms with E-state index in [9.17, 15) is 9.90 Å². The third kappa shape index (κ3) is 5.78. The maximum Gasteiger partial charge on any atom is 0.513 e. The van der Waals surface area contributed by atoms with Crippen LogP contribution in [0.2, 0.25) is 5.02 Å². The number of aryl methyl sites for hydroxylation is 1. The van der Waals surface area contributed by atoms with E-state index in [4.69, 9.17) is 16.3 Å². The van der Waals surface area contributed by atoms with Crippen molar-refractivity contribution in [2.75, 3.05) is 31.1 Å². The highest BCUT2D eigenvalue weighted by Crippen LogP contribution is 2.35. The van der Waals surface area contributed by atoms with Crippen LogP contribution in [-0.4, -0.2) is 63.5 Å². The molecule has 0 bridgehead atoms. The summed E-state index contributed by atoms with van der Waals surface area (Å²) < 4.78 is 6.42. The Labute approximate surface area is 220 Å². The number of carboxylic acid groups (broad SMARTS) is 1. The van der Waals surface area contributed by atoms with E-state index in [1.807, 2.05) is 45.3 Å². The molecule has 2 fully saturated rings. The number of nitrogens with zero attached hydrogens (tertiary/aromatic N) is 4. The van der Waals surface area contributed by atoms with Crippen molar-refractivity contribution in [3.05, 3.63) is 46.7 Å². The van der Waals surface area contributed by atoms with Crippen molar-refractivity contribution in [1.29, 1.82) is 0 Å². The van der Waals surface area contributed by atoms with Gasteiger partial charge in [0, 0.05) is 51.2 Å². The molecule has 0 spiro atoms. The zero-order valence-corrected chi connectivity index (χ0v) is 22.8. The Bertz CT molecular complexity index is 1040. The number of anilines is 1. The van der Waals surface area contributed by atoms with Gasteiger partial charge in [-0.15, -0.1) is 0 Å². The number of hydrogen-bond acceptors (Lipinski definition) is 5. The van der Waals surface area contributed by atoms with Gasteiger partial charge in [0.1, 0.15) is 17.4 Å². The van der Waals surface area contributed by atoms with E-state index in [-0.39, 0.29) is 16.1 Å². The molecular formula is C28H40ClN4O3+. The minimum atomic E-state index is -0.710. The van der Waals surface area contributed by atoms with Crippen molar-refractivity contribution in [2.24, 2.45) is 5.92 Å². The molecule has 7 nitrogen and oxygen atoms in total. The van der Waals surface area contributed by atoms with Gasteiger partial charge in [-0.25, -0.2) is 14.5 Å². The Kier molecular flexibility index (Phi) is 8.10. The molecule has 0 aliphatic carbocycles. The van der Waals surface area contributed by atoms with Crippen LogP contribution in [0.15, 0.2) is 30.6 Å². The normalized spacial score (nSPS) is 23.5. The molecule has 3 heterocycles. The molecule has 2 aliphatic rings. The van der Waals surface area contributed by atoms with Gasteiger partial charge in [0.25, 0.3) is 0 Å². The summed E-state index contributed by atoms with van der Waals surface area (Å²) in [5.41, 5.74) is 2.03. The second kappa shape index (κ2) is 10.9. The number of carbonyl (C=O) groups is 1. The summed E-state index contributed by atoms with van der Waals surface area (Å²) in [5.74, 6) is 2.00. The molecule has 1 aromatic carbocycles. The molecule has 0 unspecified atom stereocenters. The van der Waals surface area contributed by atoms with Crippen LogP contribution in [0.3, 0.4) is 0 Å². The lowest BCUT2D eigenvalue weighted by Crippen LogP contribution is -2.66. The SMILES string of the molecule is CCc1cnc(N2CCC(Oc3ccc(CC4CC[N+](C(=O)O)(C(C)(C)C)CC4)cc3Cl)CC2)nc1. The highest BCUT2D eigenvalue weighted by Gasteiger charge is 2.49. The first-order chi connectivity index (χ1) is 17.1. The monoisotopic (exact) mass is 515 g/mol. The zero-order chi connectivity index (χ0) is 25.9. The highest BCUT2D eigenvalue weighted by molar-refractivity contribution is 6.32. The first kappa shape index (κ1) is 26.7. The van der Waals surface area contributed by atoms with E-state index in [1.165, 1.54) is 5.56 Å². The van der Waals surface area contributed by atoms with Crippen molar-refractivity contribution in [2.45, 2.75) is 77.9 Å². The van der Waals surface area contributed by atoms with Gasteiger partial charge in [-0.05, 0) is 62.8 Å². The molecule has 8 heteroatoms. The van der Waals surface area contributed by atoms with Crippen LogP contribution in [0.5, 0.6) is 5.75 Å². The summed E-state index contributed by atoms with van der Waals surface area (Å²) in [4.78, 5) is 23.3. The van der Waals surface area contributed by atoms with E-state index >= 15 is 0 Å². The van der Waals surface area contributed by atoms with E-state index in [2.05, 4.69) is 27.9 Å². The smallest absolute Gasteiger partial charge is 0.489 e. The van der Waals surface area contributed by atoms with Crippen molar-refractivity contribution in [3.8, 4) is 5.75 Å². The van der Waals surface area contributed by atoms with Crippen LogP contribution in [-0.2, 0) is 12.8 Å². The van der Waals surface area contributed by atoms with E-state index in [0.717, 1.165) is 68.9 Å². The molecule has 4 rings (SSSR count). The maximum absolute atomic E-state index is 12.1. The van der Waals surface area contributed by atoms with E-state index in [1.54, 1.807) is 0 Å². The number of hydrogen-bond donors (Lipinski definition) is 1.